The first-order chi connectivity index (χ1) is 9.58. The summed E-state index contributed by atoms with van der Waals surface area (Å²) in [7, 11) is 3.98. The molecule has 0 aliphatic heterocycles. The van der Waals surface area contributed by atoms with Gasteiger partial charge >= 0.3 is 0 Å². The number of aryl methyl sites for hydroxylation is 1. The molecule has 20 heavy (non-hydrogen) atoms. The van der Waals surface area contributed by atoms with Crippen molar-refractivity contribution in [2.45, 2.75) is 39.8 Å². The van der Waals surface area contributed by atoms with Crippen molar-refractivity contribution < 1.29 is 0 Å². The lowest BCUT2D eigenvalue weighted by Gasteiger charge is -2.23. The van der Waals surface area contributed by atoms with Gasteiger partial charge in [-0.25, -0.2) is 0 Å². The molecule has 5 heteroatoms. The third kappa shape index (κ3) is 5.51. The van der Waals surface area contributed by atoms with Gasteiger partial charge in [-0.3, -0.25) is 4.99 Å². The topological polar surface area (TPSA) is 39.7 Å². The molecule has 1 rings (SSSR count). The molecular weight excluding hydrogens is 268 g/mol. The Kier molecular flexibility index (Phi) is 7.62. The van der Waals surface area contributed by atoms with E-state index in [4.69, 9.17) is 0 Å². The minimum absolute atomic E-state index is 0.626. The van der Waals surface area contributed by atoms with Crippen molar-refractivity contribution in [3.8, 4) is 0 Å². The Bertz CT molecular complexity index is 414. The second-order valence-corrected chi connectivity index (χ2v) is 6.12. The molecule has 1 unspecified atom stereocenters. The fraction of sp³-hybridized carbons (Fsp3) is 0.667. The monoisotopic (exact) mass is 296 g/mol. The molecule has 1 aromatic heterocycles. The second-order valence-electron chi connectivity index (χ2n) is 5.12. The van der Waals surface area contributed by atoms with Crippen molar-refractivity contribution in [3.05, 3.63) is 21.9 Å². The number of aliphatic imine (C=N–C) groups is 1. The van der Waals surface area contributed by atoms with Gasteiger partial charge in [-0.2, -0.15) is 0 Å². The molecular formula is C15H28N4S. The summed E-state index contributed by atoms with van der Waals surface area (Å²) >= 11 is 1.78. The van der Waals surface area contributed by atoms with E-state index in [1.54, 1.807) is 11.3 Å². The minimum atomic E-state index is 0.626. The maximum absolute atomic E-state index is 4.26. The molecule has 1 aromatic rings. The Morgan fingerprint density at radius 2 is 2.20 bits per heavy atom. The molecule has 1 heterocycles. The van der Waals surface area contributed by atoms with Crippen molar-refractivity contribution in [2.24, 2.45) is 4.99 Å². The molecule has 0 aliphatic carbocycles. The molecule has 0 aliphatic rings. The second kappa shape index (κ2) is 8.97. The van der Waals surface area contributed by atoms with E-state index in [1.165, 1.54) is 16.9 Å². The molecule has 0 aromatic carbocycles. The summed E-state index contributed by atoms with van der Waals surface area (Å²) in [4.78, 5) is 7.99. The van der Waals surface area contributed by atoms with Crippen LogP contribution in [0.3, 0.4) is 0 Å². The normalized spacial score (nSPS) is 13.6. The van der Waals surface area contributed by atoms with Gasteiger partial charge in [0.1, 0.15) is 0 Å². The maximum atomic E-state index is 4.26. The first-order valence-electron chi connectivity index (χ1n) is 7.26. The van der Waals surface area contributed by atoms with Gasteiger partial charge in [0.15, 0.2) is 5.96 Å². The molecule has 0 fully saturated rings. The Labute approximate surface area is 127 Å². The van der Waals surface area contributed by atoms with E-state index in [2.05, 4.69) is 59.8 Å². The highest BCUT2D eigenvalue weighted by Crippen LogP contribution is 2.14. The average Bonchev–Trinajstić information content (AvgIpc) is 2.86. The Morgan fingerprint density at radius 3 is 2.75 bits per heavy atom. The van der Waals surface area contributed by atoms with Crippen LogP contribution in [0.2, 0.25) is 0 Å². The van der Waals surface area contributed by atoms with E-state index in [9.17, 15) is 0 Å². The SMILES string of the molecule is CCC(C)N(C)CCNC(=NC)NCc1sccc1C. The lowest BCUT2D eigenvalue weighted by molar-refractivity contribution is 0.255. The highest BCUT2D eigenvalue weighted by molar-refractivity contribution is 7.10. The fourth-order valence-corrected chi connectivity index (χ4v) is 2.70. The minimum Gasteiger partial charge on any atom is -0.355 e. The Balaban J connectivity index is 2.29. The Morgan fingerprint density at radius 1 is 1.45 bits per heavy atom. The van der Waals surface area contributed by atoms with Crippen LogP contribution in [0.1, 0.15) is 30.7 Å². The largest absolute Gasteiger partial charge is 0.355 e. The number of likely N-dealkylation sites (N-methyl/N-ethyl adjacent to an activating group) is 1. The maximum Gasteiger partial charge on any atom is 0.191 e. The molecule has 2 N–H and O–H groups in total. The van der Waals surface area contributed by atoms with Crippen LogP contribution in [-0.4, -0.2) is 44.1 Å². The zero-order chi connectivity index (χ0) is 15.0. The molecule has 0 saturated carbocycles. The van der Waals surface area contributed by atoms with Crippen molar-refractivity contribution in [1.29, 1.82) is 0 Å². The average molecular weight is 296 g/mol. The summed E-state index contributed by atoms with van der Waals surface area (Å²) < 4.78 is 0. The van der Waals surface area contributed by atoms with Crippen LogP contribution in [0.4, 0.5) is 0 Å². The number of nitrogens with one attached hydrogen (secondary N) is 2. The molecule has 0 spiro atoms. The smallest absolute Gasteiger partial charge is 0.191 e. The number of guanidine groups is 1. The van der Waals surface area contributed by atoms with Crippen LogP contribution < -0.4 is 10.6 Å². The molecule has 1 atom stereocenters. The van der Waals surface area contributed by atoms with E-state index in [1.807, 2.05) is 7.05 Å². The third-order valence-corrected chi connectivity index (χ3v) is 4.73. The Hall–Kier alpha value is -1.07. The van der Waals surface area contributed by atoms with E-state index in [0.29, 0.717) is 6.04 Å². The number of hydrogen-bond acceptors (Lipinski definition) is 3. The van der Waals surface area contributed by atoms with Crippen molar-refractivity contribution >= 4 is 17.3 Å². The summed E-state index contributed by atoms with van der Waals surface area (Å²) in [6.45, 7) is 9.39. The van der Waals surface area contributed by atoms with Crippen LogP contribution >= 0.6 is 11.3 Å². The van der Waals surface area contributed by atoms with E-state index in [0.717, 1.165) is 25.6 Å². The van der Waals surface area contributed by atoms with Gasteiger partial charge in [0, 0.05) is 31.1 Å². The summed E-state index contributed by atoms with van der Waals surface area (Å²) in [5, 5.41) is 8.85. The fourth-order valence-electron chi connectivity index (χ4n) is 1.85. The molecule has 0 amide bonds. The van der Waals surface area contributed by atoms with Gasteiger partial charge < -0.3 is 15.5 Å². The van der Waals surface area contributed by atoms with Crippen LogP contribution in [0.25, 0.3) is 0 Å². The molecule has 114 valence electrons. The molecule has 4 nitrogen and oxygen atoms in total. The predicted octanol–water partition coefficient (Wildman–Crippen LogP) is 2.45. The van der Waals surface area contributed by atoms with E-state index >= 15 is 0 Å². The third-order valence-electron chi connectivity index (χ3n) is 3.71. The standard InChI is InChI=1S/C15H28N4S/c1-6-13(3)19(5)9-8-17-15(16-4)18-11-14-12(2)7-10-20-14/h7,10,13H,6,8-9,11H2,1-5H3,(H2,16,17,18). The number of hydrogen-bond donors (Lipinski definition) is 2. The summed E-state index contributed by atoms with van der Waals surface area (Å²) in [5.41, 5.74) is 1.34. The van der Waals surface area contributed by atoms with Crippen molar-refractivity contribution in [1.82, 2.24) is 15.5 Å². The van der Waals surface area contributed by atoms with Crippen LogP contribution in [-0.2, 0) is 6.54 Å². The molecule has 0 bridgehead atoms. The van der Waals surface area contributed by atoms with Crippen molar-refractivity contribution in [3.63, 3.8) is 0 Å². The zero-order valence-electron chi connectivity index (χ0n) is 13.4. The van der Waals surface area contributed by atoms with E-state index < -0.39 is 0 Å². The van der Waals surface area contributed by atoms with Gasteiger partial charge in [-0.1, -0.05) is 6.92 Å². The molecule has 0 saturated heterocycles. The van der Waals surface area contributed by atoms with Gasteiger partial charge in [0.2, 0.25) is 0 Å². The van der Waals surface area contributed by atoms with Gasteiger partial charge in [0.25, 0.3) is 0 Å². The van der Waals surface area contributed by atoms with Gasteiger partial charge in [0.05, 0.1) is 6.54 Å². The lowest BCUT2D eigenvalue weighted by atomic mass is 10.2. The van der Waals surface area contributed by atoms with Gasteiger partial charge in [-0.05, 0) is 44.3 Å². The van der Waals surface area contributed by atoms with Crippen molar-refractivity contribution in [2.75, 3.05) is 27.2 Å². The number of rotatable bonds is 7. The van der Waals surface area contributed by atoms with Crippen LogP contribution in [0.5, 0.6) is 0 Å². The van der Waals surface area contributed by atoms with Crippen LogP contribution in [0, 0.1) is 6.92 Å². The molecule has 0 radical (unpaired) electrons. The quantitative estimate of drug-likeness (QED) is 0.600. The van der Waals surface area contributed by atoms with E-state index in [-0.39, 0.29) is 0 Å². The van der Waals surface area contributed by atoms with Crippen LogP contribution in [0.15, 0.2) is 16.4 Å². The summed E-state index contributed by atoms with van der Waals surface area (Å²) in [5.74, 6) is 0.871. The zero-order valence-corrected chi connectivity index (χ0v) is 14.2. The first-order valence-corrected chi connectivity index (χ1v) is 8.14. The first kappa shape index (κ1) is 17.0. The highest BCUT2D eigenvalue weighted by atomic mass is 32.1. The summed E-state index contributed by atoms with van der Waals surface area (Å²) in [6.07, 6.45) is 1.18. The number of nitrogens with zero attached hydrogens (tertiary/aromatic N) is 2. The number of thiophene rings is 1. The summed E-state index contributed by atoms with van der Waals surface area (Å²) in [6, 6.07) is 2.78. The predicted molar refractivity (Wildman–Crippen MR) is 89.6 cm³/mol. The van der Waals surface area contributed by atoms with Gasteiger partial charge in [-0.15, -0.1) is 11.3 Å². The highest BCUT2D eigenvalue weighted by Gasteiger charge is 2.06. The lowest BCUT2D eigenvalue weighted by Crippen LogP contribution is -2.42.